The highest BCUT2D eigenvalue weighted by atomic mass is 19.4. The summed E-state index contributed by atoms with van der Waals surface area (Å²) in [6.07, 6.45) is -4.86. The van der Waals surface area contributed by atoms with Gasteiger partial charge in [-0.1, -0.05) is 12.1 Å². The number of carbonyl (C=O) groups excluding carboxylic acids is 2. The number of carboxylic acids is 1. The first-order chi connectivity index (χ1) is 14.0. The van der Waals surface area contributed by atoms with Gasteiger partial charge in [0.15, 0.2) is 0 Å². The molecule has 1 aliphatic rings. The fourth-order valence-corrected chi connectivity index (χ4v) is 2.60. The maximum Gasteiger partial charge on any atom is 0.490 e. The van der Waals surface area contributed by atoms with E-state index in [1.165, 1.54) is 4.90 Å². The molecule has 3 rings (SSSR count). The number of hydrogen-bond acceptors (Lipinski definition) is 5. The number of benzene rings is 1. The Kier molecular flexibility index (Phi) is 7.24. The van der Waals surface area contributed by atoms with E-state index in [9.17, 15) is 22.8 Å². The number of aliphatic carboxylic acids is 1. The van der Waals surface area contributed by atoms with Crippen LogP contribution >= 0.6 is 0 Å². The summed E-state index contributed by atoms with van der Waals surface area (Å²) in [5, 5.41) is 7.12. The topological polar surface area (TPSA) is 116 Å². The van der Waals surface area contributed by atoms with E-state index in [-0.39, 0.29) is 12.5 Å². The Morgan fingerprint density at radius 3 is 2.57 bits per heavy atom. The average molecular weight is 430 g/mol. The molecule has 9 nitrogen and oxygen atoms in total. The normalized spacial score (nSPS) is 13.6. The molecule has 1 aromatic carbocycles. The van der Waals surface area contributed by atoms with E-state index in [4.69, 9.17) is 14.6 Å². The summed E-state index contributed by atoms with van der Waals surface area (Å²) in [6, 6.07) is 6.01. The number of alkyl halides is 3. The molecule has 0 atom stereocenters. The van der Waals surface area contributed by atoms with Crippen LogP contribution in [-0.2, 0) is 20.7 Å². The average Bonchev–Trinajstić information content (AvgIpc) is 3.26. The highest BCUT2D eigenvalue weighted by Gasteiger charge is 2.38. The number of carboxylic acid groups (broad SMARTS) is 1. The molecule has 1 saturated heterocycles. The number of imidazole rings is 1. The number of cyclic esters (lactones) is 1. The minimum absolute atomic E-state index is 0.0641. The molecule has 164 valence electrons. The summed E-state index contributed by atoms with van der Waals surface area (Å²) < 4.78 is 36.6. The SMILES string of the molecule is Cc1cccc2[nH]c(CCN(C)C(=O)CN3CCOC3=O)nc12.O=C(O)C(F)(F)F. The number of nitrogens with one attached hydrogen (secondary N) is 1. The molecule has 0 unspecified atom stereocenters. The van der Waals surface area contributed by atoms with E-state index in [0.717, 1.165) is 22.4 Å². The number of fused-ring (bicyclic) bond motifs is 1. The molecule has 0 radical (unpaired) electrons. The number of rotatable bonds is 5. The zero-order valence-corrected chi connectivity index (χ0v) is 16.3. The zero-order valence-electron chi connectivity index (χ0n) is 16.3. The van der Waals surface area contributed by atoms with Gasteiger partial charge in [-0.2, -0.15) is 13.2 Å². The lowest BCUT2D eigenvalue weighted by Crippen LogP contribution is -2.39. The fraction of sp³-hybridized carbons (Fsp3) is 0.444. The number of hydrogen-bond donors (Lipinski definition) is 2. The van der Waals surface area contributed by atoms with Crippen LogP contribution in [0.3, 0.4) is 0 Å². The number of likely N-dealkylation sites (N-methyl/N-ethyl adjacent to an activating group) is 1. The Morgan fingerprint density at radius 1 is 1.37 bits per heavy atom. The van der Waals surface area contributed by atoms with Gasteiger partial charge in [0, 0.05) is 20.0 Å². The Labute approximate surface area is 169 Å². The smallest absolute Gasteiger partial charge is 0.475 e. The van der Waals surface area contributed by atoms with Gasteiger partial charge in [-0.25, -0.2) is 14.6 Å². The number of aryl methyl sites for hydroxylation is 1. The molecule has 0 spiro atoms. The third-order valence-electron chi connectivity index (χ3n) is 4.29. The van der Waals surface area contributed by atoms with Gasteiger partial charge < -0.3 is 19.7 Å². The van der Waals surface area contributed by atoms with Crippen LogP contribution in [0, 0.1) is 6.92 Å². The Morgan fingerprint density at radius 2 is 2.03 bits per heavy atom. The number of nitrogens with zero attached hydrogens (tertiary/aromatic N) is 3. The van der Waals surface area contributed by atoms with Gasteiger partial charge >= 0.3 is 18.2 Å². The number of H-pyrrole nitrogens is 1. The van der Waals surface area contributed by atoms with Crippen molar-refractivity contribution < 1.29 is 37.4 Å². The Bertz CT molecular complexity index is 928. The summed E-state index contributed by atoms with van der Waals surface area (Å²) in [5.74, 6) is -2.00. The monoisotopic (exact) mass is 430 g/mol. The van der Waals surface area contributed by atoms with Gasteiger partial charge in [-0.05, 0) is 18.6 Å². The molecule has 0 aliphatic carbocycles. The van der Waals surface area contributed by atoms with Crippen molar-refractivity contribution in [2.75, 3.05) is 33.3 Å². The molecular weight excluding hydrogens is 409 g/mol. The van der Waals surface area contributed by atoms with Gasteiger partial charge in [-0.3, -0.25) is 9.69 Å². The van der Waals surface area contributed by atoms with Crippen LogP contribution in [0.15, 0.2) is 18.2 Å². The molecule has 1 fully saturated rings. The zero-order chi connectivity index (χ0) is 22.5. The number of carbonyl (C=O) groups is 3. The van der Waals surface area contributed by atoms with Crippen LogP contribution < -0.4 is 0 Å². The fourth-order valence-electron chi connectivity index (χ4n) is 2.60. The van der Waals surface area contributed by atoms with E-state index >= 15 is 0 Å². The largest absolute Gasteiger partial charge is 0.490 e. The van der Waals surface area contributed by atoms with Gasteiger partial charge in [0.25, 0.3) is 0 Å². The van der Waals surface area contributed by atoms with Crippen LogP contribution in [0.2, 0.25) is 0 Å². The standard InChI is InChI=1S/C16H20N4O3.C2HF3O2/c1-11-4-3-5-12-15(11)18-13(17-12)6-7-19(2)14(21)10-20-8-9-23-16(20)22;3-2(4,5)1(6)7/h3-5H,6-10H2,1-2H3,(H,17,18);(H,6,7). The third kappa shape index (κ3) is 6.09. The number of ether oxygens (including phenoxy) is 1. The van der Waals surface area contributed by atoms with Crippen molar-refractivity contribution in [2.45, 2.75) is 19.5 Å². The molecular formula is C18H21F3N4O5. The van der Waals surface area contributed by atoms with E-state index in [1.54, 1.807) is 11.9 Å². The molecule has 1 aromatic heterocycles. The molecule has 2 N–H and O–H groups in total. The highest BCUT2D eigenvalue weighted by Crippen LogP contribution is 2.16. The van der Waals surface area contributed by atoms with E-state index in [0.29, 0.717) is 26.1 Å². The quantitative estimate of drug-likeness (QED) is 0.749. The van der Waals surface area contributed by atoms with Crippen molar-refractivity contribution in [3.8, 4) is 0 Å². The lowest BCUT2D eigenvalue weighted by Gasteiger charge is -2.19. The first-order valence-electron chi connectivity index (χ1n) is 8.89. The molecule has 30 heavy (non-hydrogen) atoms. The molecule has 2 amide bonds. The Balaban J connectivity index is 0.000000396. The van der Waals surface area contributed by atoms with Gasteiger partial charge in [0.2, 0.25) is 5.91 Å². The first kappa shape index (κ1) is 23.0. The van der Waals surface area contributed by atoms with Gasteiger partial charge in [0.1, 0.15) is 19.0 Å². The lowest BCUT2D eigenvalue weighted by atomic mass is 10.2. The van der Waals surface area contributed by atoms with E-state index in [2.05, 4.69) is 9.97 Å². The number of halogens is 3. The summed E-state index contributed by atoms with van der Waals surface area (Å²) in [7, 11) is 1.73. The van der Waals surface area contributed by atoms with E-state index in [1.807, 2.05) is 25.1 Å². The summed E-state index contributed by atoms with van der Waals surface area (Å²) >= 11 is 0. The minimum atomic E-state index is -5.08. The Hall–Kier alpha value is -3.31. The second-order valence-corrected chi connectivity index (χ2v) is 6.56. The summed E-state index contributed by atoms with van der Waals surface area (Å²) in [4.78, 5) is 43.3. The van der Waals surface area contributed by atoms with Gasteiger partial charge in [-0.15, -0.1) is 0 Å². The van der Waals surface area contributed by atoms with Crippen molar-refractivity contribution in [3.05, 3.63) is 29.6 Å². The predicted octanol–water partition coefficient (Wildman–Crippen LogP) is 1.96. The second kappa shape index (κ2) is 9.46. The number of aromatic amines is 1. The number of aromatic nitrogens is 2. The van der Waals surface area contributed by atoms with Crippen molar-refractivity contribution >= 4 is 29.0 Å². The van der Waals surface area contributed by atoms with Crippen molar-refractivity contribution in [3.63, 3.8) is 0 Å². The van der Waals surface area contributed by atoms with Crippen molar-refractivity contribution in [2.24, 2.45) is 0 Å². The molecule has 2 aromatic rings. The number of amides is 2. The second-order valence-electron chi connectivity index (χ2n) is 6.56. The van der Waals surface area contributed by atoms with E-state index < -0.39 is 18.2 Å². The minimum Gasteiger partial charge on any atom is -0.475 e. The van der Waals surface area contributed by atoms with Crippen molar-refractivity contribution in [1.29, 1.82) is 0 Å². The van der Waals surface area contributed by atoms with Crippen LogP contribution in [0.4, 0.5) is 18.0 Å². The van der Waals surface area contributed by atoms with Crippen LogP contribution in [0.5, 0.6) is 0 Å². The lowest BCUT2D eigenvalue weighted by molar-refractivity contribution is -0.192. The molecule has 2 heterocycles. The molecule has 0 bridgehead atoms. The predicted molar refractivity (Wildman–Crippen MR) is 98.8 cm³/mol. The van der Waals surface area contributed by atoms with Gasteiger partial charge in [0.05, 0.1) is 17.6 Å². The van der Waals surface area contributed by atoms with Crippen LogP contribution in [0.1, 0.15) is 11.4 Å². The summed E-state index contributed by atoms with van der Waals surface area (Å²) in [6.45, 7) is 3.46. The third-order valence-corrected chi connectivity index (χ3v) is 4.29. The summed E-state index contributed by atoms with van der Waals surface area (Å²) in [5.41, 5.74) is 3.10. The van der Waals surface area contributed by atoms with Crippen LogP contribution in [-0.4, -0.2) is 82.3 Å². The number of para-hydroxylation sites is 1. The first-order valence-corrected chi connectivity index (χ1v) is 8.89. The maximum absolute atomic E-state index is 12.1. The molecule has 12 heteroatoms. The molecule has 0 saturated carbocycles. The van der Waals surface area contributed by atoms with Crippen LogP contribution in [0.25, 0.3) is 11.0 Å². The highest BCUT2D eigenvalue weighted by molar-refractivity contribution is 5.82. The molecule has 1 aliphatic heterocycles. The maximum atomic E-state index is 12.1. The van der Waals surface area contributed by atoms with Crippen molar-refractivity contribution in [1.82, 2.24) is 19.8 Å².